The number of nitrogens with one attached hydrogen (secondary N) is 2. The average molecular weight is 545 g/mol. The summed E-state index contributed by atoms with van der Waals surface area (Å²) in [6.07, 6.45) is -0.620. The Morgan fingerprint density at radius 1 is 0.923 bits per heavy atom. The molecule has 0 aliphatic carbocycles. The first kappa shape index (κ1) is 29.7. The molecule has 0 spiro atoms. The molecule has 39 heavy (non-hydrogen) atoms. The van der Waals surface area contributed by atoms with E-state index < -0.39 is 6.36 Å². The molecule has 0 radical (unpaired) electrons. The second-order valence-corrected chi connectivity index (χ2v) is 8.85. The monoisotopic (exact) mass is 544 g/mol. The van der Waals surface area contributed by atoms with E-state index in [1.807, 2.05) is 26.2 Å². The molecule has 3 aromatic rings. The van der Waals surface area contributed by atoms with Crippen LogP contribution in [0, 0.1) is 0 Å². The van der Waals surface area contributed by atoms with Gasteiger partial charge in [-0.3, -0.25) is 0 Å². The highest BCUT2D eigenvalue weighted by atomic mass is 19.4. The molecule has 0 aromatic heterocycles. The van der Waals surface area contributed by atoms with Gasteiger partial charge in [0.25, 0.3) is 0 Å². The van der Waals surface area contributed by atoms with E-state index in [9.17, 15) is 13.2 Å². The fourth-order valence-electron chi connectivity index (χ4n) is 3.58. The third kappa shape index (κ3) is 11.2. The number of rotatable bonds is 15. The van der Waals surface area contributed by atoms with E-state index in [-0.39, 0.29) is 5.75 Å². The molecule has 0 saturated heterocycles. The van der Waals surface area contributed by atoms with Crippen LogP contribution >= 0.6 is 0 Å². The highest BCUT2D eigenvalue weighted by Gasteiger charge is 2.31. The van der Waals surface area contributed by atoms with Crippen molar-refractivity contribution in [3.8, 4) is 11.5 Å². The minimum atomic E-state index is -4.70. The molecule has 0 unspecified atom stereocenters. The van der Waals surface area contributed by atoms with Crippen molar-refractivity contribution in [1.29, 1.82) is 0 Å². The van der Waals surface area contributed by atoms with E-state index in [2.05, 4.69) is 50.6 Å². The molecular formula is C29H35F3N4O3. The number of alkyl halides is 3. The Morgan fingerprint density at radius 2 is 1.72 bits per heavy atom. The van der Waals surface area contributed by atoms with Crippen molar-refractivity contribution < 1.29 is 27.4 Å². The lowest BCUT2D eigenvalue weighted by Crippen LogP contribution is -2.21. The highest BCUT2D eigenvalue weighted by molar-refractivity contribution is 5.68. The van der Waals surface area contributed by atoms with E-state index in [0.717, 1.165) is 16.9 Å². The lowest BCUT2D eigenvalue weighted by atomic mass is 10.2. The molecule has 0 saturated carbocycles. The van der Waals surface area contributed by atoms with Crippen LogP contribution in [-0.4, -0.2) is 53.4 Å². The molecular weight excluding hydrogens is 509 g/mol. The van der Waals surface area contributed by atoms with Crippen molar-refractivity contribution in [1.82, 2.24) is 5.32 Å². The van der Waals surface area contributed by atoms with Crippen LogP contribution in [0.25, 0.3) is 6.08 Å². The van der Waals surface area contributed by atoms with Crippen LogP contribution in [0.2, 0.25) is 0 Å². The Labute approximate surface area is 227 Å². The predicted octanol–water partition coefficient (Wildman–Crippen LogP) is 5.54. The van der Waals surface area contributed by atoms with Gasteiger partial charge in [-0.2, -0.15) is 0 Å². The summed E-state index contributed by atoms with van der Waals surface area (Å²) in [5, 5.41) is 6.43. The molecule has 0 heterocycles. The second kappa shape index (κ2) is 14.9. The van der Waals surface area contributed by atoms with Crippen molar-refractivity contribution in [3.05, 3.63) is 83.9 Å². The van der Waals surface area contributed by atoms with Crippen LogP contribution < -0.4 is 30.7 Å². The number of halogens is 3. The van der Waals surface area contributed by atoms with Gasteiger partial charge in [-0.25, -0.2) is 0 Å². The van der Waals surface area contributed by atoms with Gasteiger partial charge in [0.1, 0.15) is 18.1 Å². The Kier molecular flexibility index (Phi) is 11.3. The molecule has 0 atom stereocenters. The molecule has 0 aliphatic heterocycles. The third-order valence-electron chi connectivity index (χ3n) is 5.54. The first-order valence-electron chi connectivity index (χ1n) is 12.5. The van der Waals surface area contributed by atoms with Gasteiger partial charge >= 0.3 is 6.36 Å². The number of anilines is 3. The molecule has 0 amide bonds. The maximum absolute atomic E-state index is 12.3. The van der Waals surface area contributed by atoms with Crippen molar-refractivity contribution in [3.63, 3.8) is 0 Å². The highest BCUT2D eigenvalue weighted by Crippen LogP contribution is 2.25. The number of nitrogens with two attached hydrogens (primary N) is 1. The maximum Gasteiger partial charge on any atom is 0.573 e. The zero-order chi connectivity index (χ0) is 28.1. The largest absolute Gasteiger partial charge is 0.573 e. The minimum absolute atomic E-state index is 0.237. The molecule has 210 valence electrons. The van der Waals surface area contributed by atoms with Gasteiger partial charge in [-0.1, -0.05) is 36.4 Å². The third-order valence-corrected chi connectivity index (χ3v) is 5.54. The molecule has 3 rings (SSSR count). The summed E-state index contributed by atoms with van der Waals surface area (Å²) in [5.74, 6) is 0.441. The zero-order valence-corrected chi connectivity index (χ0v) is 22.1. The fourth-order valence-corrected chi connectivity index (χ4v) is 3.58. The van der Waals surface area contributed by atoms with Crippen LogP contribution in [0.1, 0.15) is 11.1 Å². The lowest BCUT2D eigenvalue weighted by molar-refractivity contribution is -0.274. The van der Waals surface area contributed by atoms with Gasteiger partial charge in [0, 0.05) is 45.5 Å². The van der Waals surface area contributed by atoms with E-state index in [4.69, 9.17) is 15.2 Å². The summed E-state index contributed by atoms with van der Waals surface area (Å²) in [6.45, 7) is 2.73. The molecule has 4 N–H and O–H groups in total. The minimum Gasteiger partial charge on any atom is -0.491 e. The van der Waals surface area contributed by atoms with E-state index in [1.165, 1.54) is 18.2 Å². The van der Waals surface area contributed by atoms with Crippen LogP contribution in [0.15, 0.2) is 72.8 Å². The standard InChI is InChI=1S/C29H35F3N4O3/c1-36(2)24-10-8-22(9-11-24)6-4-14-35-28-20-25(12-13-27(28)33)38-18-17-37-16-15-34-21-23-5-3-7-26(19-23)39-29(30,31)32/h3-13,19-20,34-35H,14-18,21,33H2,1-2H3/b6-4+. The van der Waals surface area contributed by atoms with Crippen LogP contribution in [-0.2, 0) is 11.3 Å². The van der Waals surface area contributed by atoms with Gasteiger partial charge in [0.05, 0.1) is 24.6 Å². The van der Waals surface area contributed by atoms with Crippen LogP contribution in [0.4, 0.5) is 30.2 Å². The van der Waals surface area contributed by atoms with E-state index in [0.29, 0.717) is 56.5 Å². The molecule has 10 heteroatoms. The first-order valence-corrected chi connectivity index (χ1v) is 12.5. The SMILES string of the molecule is CN(C)c1ccc(/C=C/CNc2cc(OCCOCCNCc3cccc(OC(F)(F)F)c3)ccc2N)cc1. The lowest BCUT2D eigenvalue weighted by Gasteiger charge is -2.12. The normalized spacial score (nSPS) is 11.5. The average Bonchev–Trinajstić information content (AvgIpc) is 2.89. The van der Waals surface area contributed by atoms with Gasteiger partial charge in [0.2, 0.25) is 0 Å². The number of benzene rings is 3. The van der Waals surface area contributed by atoms with E-state index in [1.54, 1.807) is 18.2 Å². The number of nitrogens with zero attached hydrogens (tertiary/aromatic N) is 1. The number of ether oxygens (including phenoxy) is 3. The van der Waals surface area contributed by atoms with Gasteiger partial charge in [-0.05, 0) is 47.5 Å². The maximum atomic E-state index is 12.3. The summed E-state index contributed by atoms with van der Waals surface area (Å²) in [4.78, 5) is 2.06. The number of nitrogen functional groups attached to an aromatic ring is 1. The summed E-state index contributed by atoms with van der Waals surface area (Å²) in [6, 6.07) is 19.6. The second-order valence-electron chi connectivity index (χ2n) is 8.85. The Bertz CT molecular complexity index is 1190. The van der Waals surface area contributed by atoms with E-state index >= 15 is 0 Å². The number of hydrogen-bond donors (Lipinski definition) is 3. The summed E-state index contributed by atoms with van der Waals surface area (Å²) >= 11 is 0. The smallest absolute Gasteiger partial charge is 0.491 e. The van der Waals surface area contributed by atoms with Gasteiger partial charge in [0.15, 0.2) is 0 Å². The van der Waals surface area contributed by atoms with Gasteiger partial charge < -0.3 is 35.5 Å². The van der Waals surface area contributed by atoms with Crippen molar-refractivity contribution >= 4 is 23.1 Å². The van der Waals surface area contributed by atoms with Crippen LogP contribution in [0.5, 0.6) is 11.5 Å². The first-order chi connectivity index (χ1) is 18.7. The topological polar surface area (TPSA) is 81.0 Å². The summed E-state index contributed by atoms with van der Waals surface area (Å²) in [5.41, 5.74) is 10.5. The van der Waals surface area contributed by atoms with Crippen molar-refractivity contribution in [2.75, 3.05) is 63.0 Å². The summed E-state index contributed by atoms with van der Waals surface area (Å²) < 4.78 is 52.3. The molecule has 0 bridgehead atoms. The Balaban J connectivity index is 1.31. The zero-order valence-electron chi connectivity index (χ0n) is 22.1. The Morgan fingerprint density at radius 3 is 2.46 bits per heavy atom. The summed E-state index contributed by atoms with van der Waals surface area (Å²) in [7, 11) is 4.02. The molecule has 0 aliphatic rings. The predicted molar refractivity (Wildman–Crippen MR) is 150 cm³/mol. The van der Waals surface area contributed by atoms with Crippen LogP contribution in [0.3, 0.4) is 0 Å². The van der Waals surface area contributed by atoms with Crippen molar-refractivity contribution in [2.24, 2.45) is 0 Å². The quantitative estimate of drug-likeness (QED) is 0.171. The number of hydrogen-bond acceptors (Lipinski definition) is 7. The van der Waals surface area contributed by atoms with Gasteiger partial charge in [-0.15, -0.1) is 13.2 Å². The fraction of sp³-hybridized carbons (Fsp3) is 0.310. The molecule has 3 aromatic carbocycles. The van der Waals surface area contributed by atoms with Crippen molar-refractivity contribution in [2.45, 2.75) is 12.9 Å². The molecule has 7 nitrogen and oxygen atoms in total. The Hall–Kier alpha value is -3.89. The molecule has 0 fully saturated rings.